The average Bonchev–Trinajstić information content (AvgIpc) is 2.48. The molecule has 0 fully saturated rings. The first-order chi connectivity index (χ1) is 10.6. The number of anilines is 1. The van der Waals surface area contributed by atoms with Crippen LogP contribution in [-0.4, -0.2) is 50.0 Å². The van der Waals surface area contributed by atoms with Gasteiger partial charge in [-0.05, 0) is 32.0 Å². The molecule has 22 heavy (non-hydrogen) atoms. The van der Waals surface area contributed by atoms with Gasteiger partial charge in [-0.25, -0.2) is 0 Å². The van der Waals surface area contributed by atoms with E-state index in [0.29, 0.717) is 24.5 Å². The molecule has 0 aliphatic carbocycles. The predicted octanol–water partition coefficient (Wildman–Crippen LogP) is 1.48. The largest absolute Gasteiger partial charge is 0.495 e. The first-order valence-electron chi connectivity index (χ1n) is 7.52. The van der Waals surface area contributed by atoms with Crippen molar-refractivity contribution in [2.45, 2.75) is 20.3 Å². The van der Waals surface area contributed by atoms with Gasteiger partial charge in [-0.15, -0.1) is 0 Å². The number of carbonyl (C=O) groups is 2. The van der Waals surface area contributed by atoms with Crippen molar-refractivity contribution >= 4 is 17.5 Å². The van der Waals surface area contributed by atoms with Crippen molar-refractivity contribution in [2.24, 2.45) is 0 Å². The Bertz CT molecular complexity index is 491. The number of likely N-dealkylation sites (N-methyl/N-ethyl adjacent to an activating group) is 1. The molecule has 1 aromatic carbocycles. The third kappa shape index (κ3) is 6.13. The summed E-state index contributed by atoms with van der Waals surface area (Å²) in [6.45, 7) is 5.56. The Labute approximate surface area is 131 Å². The molecule has 122 valence electrons. The van der Waals surface area contributed by atoms with Crippen molar-refractivity contribution in [3.8, 4) is 5.75 Å². The quantitative estimate of drug-likeness (QED) is 0.725. The summed E-state index contributed by atoms with van der Waals surface area (Å²) < 4.78 is 5.20. The van der Waals surface area contributed by atoms with Gasteiger partial charge < -0.3 is 15.4 Å². The number of rotatable bonds is 9. The van der Waals surface area contributed by atoms with E-state index in [2.05, 4.69) is 10.6 Å². The molecule has 0 bridgehead atoms. The van der Waals surface area contributed by atoms with Gasteiger partial charge in [-0.3, -0.25) is 14.5 Å². The highest BCUT2D eigenvalue weighted by molar-refractivity contribution is 5.94. The van der Waals surface area contributed by atoms with Gasteiger partial charge in [0, 0.05) is 6.54 Å². The number of amides is 2. The molecule has 0 saturated heterocycles. The molecule has 0 aliphatic rings. The van der Waals surface area contributed by atoms with Crippen molar-refractivity contribution in [1.29, 1.82) is 0 Å². The Kier molecular flexibility index (Phi) is 7.99. The smallest absolute Gasteiger partial charge is 0.238 e. The van der Waals surface area contributed by atoms with E-state index < -0.39 is 0 Å². The highest BCUT2D eigenvalue weighted by Gasteiger charge is 2.14. The van der Waals surface area contributed by atoms with Crippen LogP contribution in [0.15, 0.2) is 24.3 Å². The van der Waals surface area contributed by atoms with Gasteiger partial charge in [0.2, 0.25) is 11.8 Å². The fourth-order valence-corrected chi connectivity index (χ4v) is 2.13. The van der Waals surface area contributed by atoms with Crippen LogP contribution in [0.25, 0.3) is 0 Å². The summed E-state index contributed by atoms with van der Waals surface area (Å²) in [5.41, 5.74) is 0.629. The lowest BCUT2D eigenvalue weighted by Crippen LogP contribution is -2.41. The molecule has 1 aromatic rings. The Morgan fingerprint density at radius 3 is 2.45 bits per heavy atom. The third-order valence-electron chi connectivity index (χ3n) is 3.03. The van der Waals surface area contributed by atoms with E-state index in [1.54, 1.807) is 19.2 Å². The summed E-state index contributed by atoms with van der Waals surface area (Å²) in [6.07, 6.45) is 0.876. The number of para-hydroxylation sites is 2. The lowest BCUT2D eigenvalue weighted by molar-refractivity contribution is -0.123. The van der Waals surface area contributed by atoms with Crippen molar-refractivity contribution in [3.63, 3.8) is 0 Å². The fourth-order valence-electron chi connectivity index (χ4n) is 2.13. The normalized spacial score (nSPS) is 10.4. The topological polar surface area (TPSA) is 70.7 Å². The molecule has 0 aliphatic heterocycles. The summed E-state index contributed by atoms with van der Waals surface area (Å²) in [4.78, 5) is 25.7. The Balaban J connectivity index is 2.61. The standard InChI is InChI=1S/C16H25N3O3/c1-4-10-19(11-15(20)17-5-2)12-16(21)18-13-8-6-7-9-14(13)22-3/h6-9H,4-5,10-12H2,1-3H3,(H,17,20)(H,18,21). The average molecular weight is 307 g/mol. The second-order valence-corrected chi connectivity index (χ2v) is 4.91. The number of nitrogens with one attached hydrogen (secondary N) is 2. The minimum absolute atomic E-state index is 0.0685. The summed E-state index contributed by atoms with van der Waals surface area (Å²) in [5.74, 6) is 0.380. The maximum Gasteiger partial charge on any atom is 0.238 e. The van der Waals surface area contributed by atoms with Gasteiger partial charge >= 0.3 is 0 Å². The van der Waals surface area contributed by atoms with Crippen molar-refractivity contribution in [1.82, 2.24) is 10.2 Å². The number of hydrogen-bond donors (Lipinski definition) is 2. The molecule has 0 atom stereocenters. The Morgan fingerprint density at radius 1 is 1.14 bits per heavy atom. The maximum atomic E-state index is 12.2. The Morgan fingerprint density at radius 2 is 1.82 bits per heavy atom. The molecule has 2 amide bonds. The molecule has 6 heteroatoms. The highest BCUT2D eigenvalue weighted by Crippen LogP contribution is 2.22. The second-order valence-electron chi connectivity index (χ2n) is 4.91. The van der Waals surface area contributed by atoms with Crippen LogP contribution in [0.3, 0.4) is 0 Å². The zero-order chi connectivity index (χ0) is 16.4. The summed E-state index contributed by atoms with van der Waals surface area (Å²) in [6, 6.07) is 7.24. The molecule has 0 unspecified atom stereocenters. The Hall–Kier alpha value is -2.08. The van der Waals surface area contributed by atoms with Crippen molar-refractivity contribution in [2.75, 3.05) is 38.6 Å². The number of benzene rings is 1. The minimum atomic E-state index is -0.165. The SMILES string of the molecule is CCCN(CC(=O)NCC)CC(=O)Nc1ccccc1OC. The van der Waals surface area contributed by atoms with E-state index >= 15 is 0 Å². The number of carbonyl (C=O) groups excluding carboxylic acids is 2. The summed E-state index contributed by atoms with van der Waals surface area (Å²) >= 11 is 0. The number of ether oxygens (including phenoxy) is 1. The first-order valence-corrected chi connectivity index (χ1v) is 7.52. The fraction of sp³-hybridized carbons (Fsp3) is 0.500. The van der Waals surface area contributed by atoms with Gasteiger partial charge in [-0.2, -0.15) is 0 Å². The number of nitrogens with zero attached hydrogens (tertiary/aromatic N) is 1. The molecule has 0 spiro atoms. The molecular formula is C16H25N3O3. The van der Waals surface area contributed by atoms with Crippen molar-refractivity contribution < 1.29 is 14.3 Å². The van der Waals surface area contributed by atoms with Crippen LogP contribution in [-0.2, 0) is 9.59 Å². The third-order valence-corrected chi connectivity index (χ3v) is 3.03. The highest BCUT2D eigenvalue weighted by atomic mass is 16.5. The molecular weight excluding hydrogens is 282 g/mol. The molecule has 6 nitrogen and oxygen atoms in total. The van der Waals surface area contributed by atoms with Crippen LogP contribution in [0, 0.1) is 0 Å². The molecule has 1 rings (SSSR count). The summed E-state index contributed by atoms with van der Waals surface area (Å²) in [5, 5.41) is 5.56. The summed E-state index contributed by atoms with van der Waals surface area (Å²) in [7, 11) is 1.56. The van der Waals surface area contributed by atoms with Crippen LogP contribution in [0.4, 0.5) is 5.69 Å². The predicted molar refractivity (Wildman–Crippen MR) is 87.0 cm³/mol. The van der Waals surface area contributed by atoms with E-state index in [9.17, 15) is 9.59 Å². The van der Waals surface area contributed by atoms with Crippen LogP contribution < -0.4 is 15.4 Å². The van der Waals surface area contributed by atoms with E-state index in [-0.39, 0.29) is 24.9 Å². The molecule has 0 heterocycles. The zero-order valence-corrected chi connectivity index (χ0v) is 13.5. The lowest BCUT2D eigenvalue weighted by Gasteiger charge is -2.20. The molecule has 0 radical (unpaired) electrons. The van der Waals surface area contributed by atoms with Crippen molar-refractivity contribution in [3.05, 3.63) is 24.3 Å². The van der Waals surface area contributed by atoms with Crippen LogP contribution >= 0.6 is 0 Å². The molecule has 0 saturated carbocycles. The maximum absolute atomic E-state index is 12.2. The number of hydrogen-bond acceptors (Lipinski definition) is 4. The first kappa shape index (κ1) is 18.0. The van der Waals surface area contributed by atoms with E-state index in [1.807, 2.05) is 30.9 Å². The van der Waals surface area contributed by atoms with Gasteiger partial charge in [-0.1, -0.05) is 19.1 Å². The van der Waals surface area contributed by atoms with E-state index in [1.165, 1.54) is 0 Å². The van der Waals surface area contributed by atoms with Gasteiger partial charge in [0.15, 0.2) is 0 Å². The van der Waals surface area contributed by atoms with Gasteiger partial charge in [0.05, 0.1) is 25.9 Å². The van der Waals surface area contributed by atoms with Gasteiger partial charge in [0.1, 0.15) is 5.75 Å². The molecule has 0 aromatic heterocycles. The van der Waals surface area contributed by atoms with Crippen LogP contribution in [0.2, 0.25) is 0 Å². The van der Waals surface area contributed by atoms with Crippen LogP contribution in [0.1, 0.15) is 20.3 Å². The second kappa shape index (κ2) is 9.78. The number of methoxy groups -OCH3 is 1. The monoisotopic (exact) mass is 307 g/mol. The minimum Gasteiger partial charge on any atom is -0.495 e. The van der Waals surface area contributed by atoms with E-state index in [0.717, 1.165) is 6.42 Å². The molecule has 2 N–H and O–H groups in total. The lowest BCUT2D eigenvalue weighted by atomic mass is 10.3. The van der Waals surface area contributed by atoms with Gasteiger partial charge in [0.25, 0.3) is 0 Å². The van der Waals surface area contributed by atoms with E-state index in [4.69, 9.17) is 4.74 Å². The van der Waals surface area contributed by atoms with Crippen LogP contribution in [0.5, 0.6) is 5.75 Å². The zero-order valence-electron chi connectivity index (χ0n) is 13.5.